The number of anilines is 2. The summed E-state index contributed by atoms with van der Waals surface area (Å²) in [6, 6.07) is 8.07. The molecule has 0 aliphatic carbocycles. The van der Waals surface area contributed by atoms with Crippen LogP contribution >= 0.6 is 0 Å². The van der Waals surface area contributed by atoms with Gasteiger partial charge in [-0.05, 0) is 31.2 Å². The number of hydrogen-bond acceptors (Lipinski definition) is 11. The van der Waals surface area contributed by atoms with Crippen molar-refractivity contribution in [2.75, 3.05) is 51.1 Å². The zero-order valence-corrected chi connectivity index (χ0v) is 22.9. The van der Waals surface area contributed by atoms with Gasteiger partial charge >= 0.3 is 5.97 Å². The molecule has 208 valence electrons. The van der Waals surface area contributed by atoms with Crippen molar-refractivity contribution in [3.8, 4) is 11.4 Å². The molecular formula is C28H33N9O3. The lowest BCUT2D eigenvalue weighted by molar-refractivity contribution is -0.134. The zero-order valence-electron chi connectivity index (χ0n) is 22.9. The number of esters is 1. The van der Waals surface area contributed by atoms with Gasteiger partial charge in [0.15, 0.2) is 22.8 Å². The highest BCUT2D eigenvalue weighted by Crippen LogP contribution is 2.29. The summed E-state index contributed by atoms with van der Waals surface area (Å²) in [6.07, 6.45) is 6.44. The van der Waals surface area contributed by atoms with E-state index < -0.39 is 0 Å². The Labute approximate surface area is 232 Å². The van der Waals surface area contributed by atoms with Crippen LogP contribution in [-0.2, 0) is 33.9 Å². The number of carbonyl (C=O) groups excluding carboxylic acids is 1. The van der Waals surface area contributed by atoms with Crippen LogP contribution in [0.4, 0.5) is 11.8 Å². The molecule has 1 fully saturated rings. The number of morpholine rings is 1. The van der Waals surface area contributed by atoms with E-state index >= 15 is 0 Å². The molecule has 0 atom stereocenters. The van der Waals surface area contributed by atoms with Crippen LogP contribution in [0.15, 0.2) is 42.7 Å². The standard InChI is InChI=1S/C28H33N9O3/c1-4-37-22(18-35(2)17-20-7-5-19(6-8-20)9-10-23(38)39-3)32-24-26(36-11-13-40-14-12-36)33-25(34-27(24)37)21-15-30-28(29)31-16-21/h5-10,15-16H,4,11-14,17-18H2,1-3H3,(H2,29,30,31)/b10-9+. The monoisotopic (exact) mass is 543 g/mol. The molecule has 5 rings (SSSR count). The van der Waals surface area contributed by atoms with Crippen molar-refractivity contribution < 1.29 is 14.3 Å². The van der Waals surface area contributed by atoms with Crippen molar-refractivity contribution in [3.05, 3.63) is 59.7 Å². The maximum atomic E-state index is 11.4. The minimum absolute atomic E-state index is 0.203. The van der Waals surface area contributed by atoms with Crippen LogP contribution in [-0.4, -0.2) is 80.8 Å². The molecule has 0 radical (unpaired) electrons. The van der Waals surface area contributed by atoms with E-state index in [4.69, 9.17) is 25.4 Å². The Morgan fingerprint density at radius 2 is 1.82 bits per heavy atom. The number of nitrogen functional groups attached to an aromatic ring is 1. The third-order valence-corrected chi connectivity index (χ3v) is 6.67. The Balaban J connectivity index is 1.43. The predicted molar refractivity (Wildman–Crippen MR) is 152 cm³/mol. The van der Waals surface area contributed by atoms with Gasteiger partial charge in [-0.25, -0.2) is 29.7 Å². The summed E-state index contributed by atoms with van der Waals surface area (Å²) < 4.78 is 12.4. The average molecular weight is 544 g/mol. The lowest BCUT2D eigenvalue weighted by Crippen LogP contribution is -2.37. The Hall–Kier alpha value is -4.42. The molecule has 1 aromatic carbocycles. The van der Waals surface area contributed by atoms with Gasteiger partial charge in [0.2, 0.25) is 5.95 Å². The molecule has 4 aromatic rings. The molecule has 1 saturated heterocycles. The maximum Gasteiger partial charge on any atom is 0.330 e. The molecule has 0 unspecified atom stereocenters. The van der Waals surface area contributed by atoms with Gasteiger partial charge in [-0.1, -0.05) is 24.3 Å². The molecule has 3 aromatic heterocycles. The van der Waals surface area contributed by atoms with E-state index in [9.17, 15) is 4.79 Å². The molecule has 0 amide bonds. The summed E-state index contributed by atoms with van der Waals surface area (Å²) in [4.78, 5) is 38.9. The molecule has 12 nitrogen and oxygen atoms in total. The number of carbonyl (C=O) groups is 1. The van der Waals surface area contributed by atoms with Crippen molar-refractivity contribution in [1.29, 1.82) is 0 Å². The molecule has 12 heteroatoms. The molecule has 2 N–H and O–H groups in total. The fraction of sp³-hybridized carbons (Fsp3) is 0.357. The van der Waals surface area contributed by atoms with Gasteiger partial charge in [0.1, 0.15) is 5.82 Å². The van der Waals surface area contributed by atoms with Crippen molar-refractivity contribution >= 4 is 35.0 Å². The first-order valence-corrected chi connectivity index (χ1v) is 13.2. The summed E-state index contributed by atoms with van der Waals surface area (Å²) in [5.41, 5.74) is 10.0. The van der Waals surface area contributed by atoms with Crippen LogP contribution in [0.2, 0.25) is 0 Å². The van der Waals surface area contributed by atoms with Crippen LogP contribution < -0.4 is 10.6 Å². The van der Waals surface area contributed by atoms with E-state index in [2.05, 4.69) is 55.2 Å². The van der Waals surface area contributed by atoms with Crippen molar-refractivity contribution in [2.45, 2.75) is 26.6 Å². The van der Waals surface area contributed by atoms with E-state index in [1.807, 2.05) is 12.1 Å². The van der Waals surface area contributed by atoms with Crippen molar-refractivity contribution in [2.24, 2.45) is 0 Å². The first-order valence-electron chi connectivity index (χ1n) is 13.2. The second-order valence-electron chi connectivity index (χ2n) is 9.52. The fourth-order valence-corrected chi connectivity index (χ4v) is 4.64. The van der Waals surface area contributed by atoms with Crippen LogP contribution in [0.3, 0.4) is 0 Å². The van der Waals surface area contributed by atoms with Gasteiger partial charge < -0.3 is 24.7 Å². The molecule has 0 spiro atoms. The Kier molecular flexibility index (Phi) is 8.27. The summed E-state index contributed by atoms with van der Waals surface area (Å²) in [5.74, 6) is 2.05. The number of methoxy groups -OCH3 is 1. The predicted octanol–water partition coefficient (Wildman–Crippen LogP) is 2.54. The first-order chi connectivity index (χ1) is 19.4. The van der Waals surface area contributed by atoms with Gasteiger partial charge in [-0.3, -0.25) is 4.90 Å². The highest BCUT2D eigenvalue weighted by molar-refractivity contribution is 5.87. The number of aromatic nitrogens is 6. The van der Waals surface area contributed by atoms with Gasteiger partial charge in [0.05, 0.1) is 32.4 Å². The number of fused-ring (bicyclic) bond motifs is 1. The van der Waals surface area contributed by atoms with Gasteiger partial charge in [0.25, 0.3) is 0 Å². The van der Waals surface area contributed by atoms with Crippen LogP contribution in [0.25, 0.3) is 28.6 Å². The van der Waals surface area contributed by atoms with Crippen molar-refractivity contribution in [3.63, 3.8) is 0 Å². The van der Waals surface area contributed by atoms with E-state index in [0.29, 0.717) is 37.7 Å². The van der Waals surface area contributed by atoms with Gasteiger partial charge in [0, 0.05) is 44.6 Å². The van der Waals surface area contributed by atoms with Gasteiger partial charge in [-0.2, -0.15) is 0 Å². The van der Waals surface area contributed by atoms with Crippen LogP contribution in [0, 0.1) is 0 Å². The van der Waals surface area contributed by atoms with Crippen LogP contribution in [0.1, 0.15) is 23.9 Å². The number of hydrogen-bond donors (Lipinski definition) is 1. The average Bonchev–Trinajstić information content (AvgIpc) is 3.33. The topological polar surface area (TPSA) is 137 Å². The van der Waals surface area contributed by atoms with Crippen molar-refractivity contribution in [1.82, 2.24) is 34.4 Å². The number of ether oxygens (including phenoxy) is 2. The second-order valence-corrected chi connectivity index (χ2v) is 9.52. The normalized spacial score (nSPS) is 13.9. The Morgan fingerprint density at radius 3 is 2.50 bits per heavy atom. The number of imidazole rings is 1. The molecule has 0 bridgehead atoms. The zero-order chi connectivity index (χ0) is 28.1. The number of aryl methyl sites for hydroxylation is 1. The molecule has 40 heavy (non-hydrogen) atoms. The second kappa shape index (κ2) is 12.2. The summed E-state index contributed by atoms with van der Waals surface area (Å²) >= 11 is 0. The summed E-state index contributed by atoms with van der Waals surface area (Å²) in [6.45, 7) is 6.86. The Bertz CT molecular complexity index is 1490. The first kappa shape index (κ1) is 27.2. The largest absolute Gasteiger partial charge is 0.466 e. The Morgan fingerprint density at radius 1 is 1.10 bits per heavy atom. The van der Waals surface area contributed by atoms with E-state index in [1.54, 1.807) is 18.5 Å². The molecule has 4 heterocycles. The van der Waals surface area contributed by atoms with Gasteiger partial charge in [-0.15, -0.1) is 0 Å². The minimum atomic E-state index is -0.377. The van der Waals surface area contributed by atoms with E-state index in [1.165, 1.54) is 13.2 Å². The highest BCUT2D eigenvalue weighted by Gasteiger charge is 2.23. The maximum absolute atomic E-state index is 11.4. The summed E-state index contributed by atoms with van der Waals surface area (Å²) in [5, 5.41) is 0. The molecule has 0 saturated carbocycles. The molecular weight excluding hydrogens is 510 g/mol. The number of rotatable bonds is 9. The quantitative estimate of drug-likeness (QED) is 0.246. The number of benzene rings is 1. The SMILES string of the molecule is CCn1c(CN(C)Cc2ccc(/C=C/C(=O)OC)cc2)nc2c(N3CCOCC3)nc(-c3cnc(N)nc3)nc21. The lowest BCUT2D eigenvalue weighted by Gasteiger charge is -2.28. The molecule has 1 aliphatic heterocycles. The smallest absolute Gasteiger partial charge is 0.330 e. The lowest BCUT2D eigenvalue weighted by atomic mass is 10.1. The fourth-order valence-electron chi connectivity index (χ4n) is 4.64. The minimum Gasteiger partial charge on any atom is -0.466 e. The highest BCUT2D eigenvalue weighted by atomic mass is 16.5. The van der Waals surface area contributed by atoms with E-state index in [-0.39, 0.29) is 11.9 Å². The number of nitrogens with zero attached hydrogens (tertiary/aromatic N) is 8. The summed E-state index contributed by atoms with van der Waals surface area (Å²) in [7, 11) is 3.43. The van der Waals surface area contributed by atoms with Crippen LogP contribution in [0.5, 0.6) is 0 Å². The molecule has 1 aliphatic rings. The third kappa shape index (κ3) is 6.08. The van der Waals surface area contributed by atoms with E-state index in [0.717, 1.165) is 53.6 Å². The third-order valence-electron chi connectivity index (χ3n) is 6.67. The number of nitrogens with two attached hydrogens (primary N) is 1.